The number of anilines is 2. The van der Waals surface area contributed by atoms with Gasteiger partial charge in [0.15, 0.2) is 0 Å². The predicted molar refractivity (Wildman–Crippen MR) is 110 cm³/mol. The van der Waals surface area contributed by atoms with Crippen LogP contribution in [0.15, 0.2) is 66.0 Å². The number of benzene rings is 2. The minimum Gasteiger partial charge on any atom is -0.326 e. The fourth-order valence-corrected chi connectivity index (χ4v) is 3.97. The van der Waals surface area contributed by atoms with Crippen LogP contribution in [-0.4, -0.2) is 11.8 Å². The van der Waals surface area contributed by atoms with Crippen molar-refractivity contribution in [2.45, 2.75) is 12.3 Å². The molecule has 0 spiro atoms. The monoisotopic (exact) mass is 396 g/mol. The van der Waals surface area contributed by atoms with Crippen LogP contribution in [0.2, 0.25) is 5.02 Å². The molecule has 2 amide bonds. The Hall–Kier alpha value is -2.63. The first-order valence-corrected chi connectivity index (χ1v) is 9.88. The van der Waals surface area contributed by atoms with Gasteiger partial charge in [0.05, 0.1) is 4.88 Å². The fourth-order valence-electron chi connectivity index (χ4n) is 3.08. The Labute approximate surface area is 166 Å². The predicted octanol–water partition coefficient (Wildman–Crippen LogP) is 5.40. The molecular weight excluding hydrogens is 380 g/mol. The minimum atomic E-state index is -0.137. The van der Waals surface area contributed by atoms with Crippen LogP contribution in [0.3, 0.4) is 0 Å². The fraction of sp³-hybridized carbons (Fsp3) is 0.143. The zero-order valence-electron chi connectivity index (χ0n) is 14.3. The number of rotatable bonds is 5. The van der Waals surface area contributed by atoms with E-state index < -0.39 is 0 Å². The summed E-state index contributed by atoms with van der Waals surface area (Å²) in [5.74, 6) is -0.0104. The zero-order valence-corrected chi connectivity index (χ0v) is 15.9. The van der Waals surface area contributed by atoms with Crippen molar-refractivity contribution in [2.75, 3.05) is 10.6 Å². The number of thiophene rings is 1. The number of amides is 2. The summed E-state index contributed by atoms with van der Waals surface area (Å²) >= 11 is 7.61. The Morgan fingerprint density at radius 3 is 2.30 bits per heavy atom. The highest BCUT2D eigenvalue weighted by molar-refractivity contribution is 7.12. The van der Waals surface area contributed by atoms with Crippen molar-refractivity contribution in [1.82, 2.24) is 0 Å². The summed E-state index contributed by atoms with van der Waals surface area (Å²) in [6.45, 7) is 0. The van der Waals surface area contributed by atoms with Gasteiger partial charge in [-0.2, -0.15) is 0 Å². The lowest BCUT2D eigenvalue weighted by Crippen LogP contribution is -2.15. The number of hydrogen-bond donors (Lipinski definition) is 2. The molecule has 1 aromatic heterocycles. The van der Waals surface area contributed by atoms with Gasteiger partial charge in [-0.05, 0) is 59.7 Å². The standard InChI is InChI=1S/C21H17ClN2O2S/c22-18-5-2-1-4-15(18)16-12-17(16)20(25)23-13-7-9-14(10-8-13)24-21(26)19-6-3-11-27-19/h1-11,16-17H,12H2,(H,23,25)(H,24,26). The summed E-state index contributed by atoms with van der Waals surface area (Å²) < 4.78 is 0. The van der Waals surface area contributed by atoms with Crippen LogP contribution in [0.5, 0.6) is 0 Å². The van der Waals surface area contributed by atoms with Gasteiger partial charge in [0.25, 0.3) is 5.91 Å². The van der Waals surface area contributed by atoms with E-state index in [1.165, 1.54) is 11.3 Å². The summed E-state index contributed by atoms with van der Waals surface area (Å²) in [6, 6.07) is 18.4. The molecule has 1 fully saturated rings. The number of nitrogens with one attached hydrogen (secondary N) is 2. The van der Waals surface area contributed by atoms with Gasteiger partial charge in [0.1, 0.15) is 0 Å². The zero-order chi connectivity index (χ0) is 18.8. The van der Waals surface area contributed by atoms with Crippen LogP contribution in [0.25, 0.3) is 0 Å². The van der Waals surface area contributed by atoms with Crippen LogP contribution >= 0.6 is 22.9 Å². The molecule has 4 rings (SSSR count). The third-order valence-corrected chi connectivity index (χ3v) is 5.80. The summed E-state index contributed by atoms with van der Waals surface area (Å²) in [5.41, 5.74) is 2.43. The van der Waals surface area contributed by atoms with Gasteiger partial charge in [0, 0.05) is 22.3 Å². The Bertz CT molecular complexity index is 970. The lowest BCUT2D eigenvalue weighted by atomic mass is 10.1. The van der Waals surface area contributed by atoms with Crippen molar-refractivity contribution in [3.63, 3.8) is 0 Å². The van der Waals surface area contributed by atoms with Crippen molar-refractivity contribution >= 4 is 46.1 Å². The SMILES string of the molecule is O=C(Nc1ccc(NC(=O)C2CC2c2ccccc2Cl)cc1)c1cccs1. The maximum Gasteiger partial charge on any atom is 0.265 e. The van der Waals surface area contributed by atoms with E-state index in [-0.39, 0.29) is 23.7 Å². The maximum absolute atomic E-state index is 12.5. The number of carbonyl (C=O) groups is 2. The Balaban J connectivity index is 1.34. The van der Waals surface area contributed by atoms with Crippen LogP contribution in [0, 0.1) is 5.92 Å². The Morgan fingerprint density at radius 2 is 1.63 bits per heavy atom. The third-order valence-electron chi connectivity index (χ3n) is 4.59. The first-order chi connectivity index (χ1) is 13.1. The van der Waals surface area contributed by atoms with Crippen LogP contribution in [0.4, 0.5) is 11.4 Å². The molecule has 4 nitrogen and oxygen atoms in total. The lowest BCUT2D eigenvalue weighted by Gasteiger charge is -2.08. The molecule has 2 aromatic carbocycles. The molecule has 1 aliphatic rings. The average Bonchev–Trinajstić information content (AvgIpc) is 3.27. The molecule has 3 aromatic rings. The average molecular weight is 397 g/mol. The van der Waals surface area contributed by atoms with Crippen LogP contribution in [-0.2, 0) is 4.79 Å². The second kappa shape index (κ2) is 7.55. The van der Waals surface area contributed by atoms with Crippen LogP contribution in [0.1, 0.15) is 27.6 Å². The highest BCUT2D eigenvalue weighted by Gasteiger charge is 2.44. The molecule has 1 heterocycles. The molecule has 136 valence electrons. The van der Waals surface area contributed by atoms with E-state index >= 15 is 0 Å². The summed E-state index contributed by atoms with van der Waals surface area (Å²) in [5, 5.41) is 8.35. The van der Waals surface area contributed by atoms with Gasteiger partial charge in [-0.3, -0.25) is 9.59 Å². The normalized spacial score (nSPS) is 18.0. The number of carbonyl (C=O) groups excluding carboxylic acids is 2. The molecule has 1 saturated carbocycles. The van der Waals surface area contributed by atoms with Crippen molar-refractivity contribution in [1.29, 1.82) is 0 Å². The lowest BCUT2D eigenvalue weighted by molar-refractivity contribution is -0.117. The molecule has 0 radical (unpaired) electrons. The van der Waals surface area contributed by atoms with Crippen molar-refractivity contribution in [3.8, 4) is 0 Å². The smallest absolute Gasteiger partial charge is 0.265 e. The molecular formula is C21H17ClN2O2S. The molecule has 0 aliphatic heterocycles. The van der Waals surface area contributed by atoms with Crippen molar-refractivity contribution < 1.29 is 9.59 Å². The largest absolute Gasteiger partial charge is 0.326 e. The van der Waals surface area contributed by atoms with Gasteiger partial charge in [0.2, 0.25) is 5.91 Å². The second-order valence-corrected chi connectivity index (χ2v) is 7.82. The van der Waals surface area contributed by atoms with E-state index in [4.69, 9.17) is 11.6 Å². The molecule has 2 N–H and O–H groups in total. The van der Waals surface area contributed by atoms with Gasteiger partial charge < -0.3 is 10.6 Å². The molecule has 27 heavy (non-hydrogen) atoms. The second-order valence-electron chi connectivity index (χ2n) is 6.47. The van der Waals surface area contributed by atoms with Crippen molar-refractivity contribution in [3.05, 3.63) is 81.5 Å². The van der Waals surface area contributed by atoms with Gasteiger partial charge in [-0.1, -0.05) is 35.9 Å². The van der Waals surface area contributed by atoms with Crippen LogP contribution < -0.4 is 10.6 Å². The van der Waals surface area contributed by atoms with Crippen molar-refractivity contribution in [2.24, 2.45) is 5.92 Å². The quantitative estimate of drug-likeness (QED) is 0.606. The minimum absolute atomic E-state index is 0.00436. The van der Waals surface area contributed by atoms with Gasteiger partial charge >= 0.3 is 0 Å². The molecule has 0 bridgehead atoms. The van der Waals surface area contributed by atoms with Gasteiger partial charge in [-0.25, -0.2) is 0 Å². The molecule has 6 heteroatoms. The summed E-state index contributed by atoms with van der Waals surface area (Å²) in [4.78, 5) is 25.2. The first-order valence-electron chi connectivity index (χ1n) is 8.62. The number of hydrogen-bond acceptors (Lipinski definition) is 3. The molecule has 2 atom stereocenters. The van der Waals surface area contributed by atoms with E-state index in [0.29, 0.717) is 21.3 Å². The topological polar surface area (TPSA) is 58.2 Å². The number of halogens is 1. The van der Waals surface area contributed by atoms with E-state index in [1.807, 2.05) is 35.7 Å². The Morgan fingerprint density at radius 1 is 0.926 bits per heavy atom. The van der Waals surface area contributed by atoms with E-state index in [9.17, 15) is 9.59 Å². The summed E-state index contributed by atoms with van der Waals surface area (Å²) in [7, 11) is 0. The molecule has 2 unspecified atom stereocenters. The van der Waals surface area contributed by atoms with Gasteiger partial charge in [-0.15, -0.1) is 11.3 Å². The van der Waals surface area contributed by atoms with E-state index in [1.54, 1.807) is 30.3 Å². The Kier molecular flexibility index (Phi) is 4.97. The molecule has 0 saturated heterocycles. The molecule has 1 aliphatic carbocycles. The van der Waals surface area contributed by atoms with E-state index in [2.05, 4.69) is 10.6 Å². The first kappa shape index (κ1) is 17.8. The van der Waals surface area contributed by atoms with E-state index in [0.717, 1.165) is 12.0 Å². The summed E-state index contributed by atoms with van der Waals surface area (Å²) in [6.07, 6.45) is 0.810. The highest BCUT2D eigenvalue weighted by Crippen LogP contribution is 2.50. The maximum atomic E-state index is 12.5. The third kappa shape index (κ3) is 4.04. The highest BCUT2D eigenvalue weighted by atomic mass is 35.5.